The number of urea groups is 1. The van der Waals surface area contributed by atoms with Gasteiger partial charge in [-0.1, -0.05) is 64.8 Å². The van der Waals surface area contributed by atoms with E-state index in [4.69, 9.17) is 48.4 Å². The first-order valence-corrected chi connectivity index (χ1v) is 36.9. The molecule has 0 aliphatic carbocycles. The zero-order valence-corrected chi connectivity index (χ0v) is 58.1. The van der Waals surface area contributed by atoms with Crippen LogP contribution >= 0.6 is 0 Å². The Morgan fingerprint density at radius 3 is 2.28 bits per heavy atom. The van der Waals surface area contributed by atoms with E-state index in [9.17, 15) is 42.3 Å². The highest BCUT2D eigenvalue weighted by Crippen LogP contribution is 2.51. The van der Waals surface area contributed by atoms with E-state index in [1.165, 1.54) is 12.4 Å². The molecule has 98 heavy (non-hydrogen) atoms. The number of methoxy groups -OCH3 is 1. The number of hydrogen-bond donors (Lipinski definition) is 7. The Hall–Kier alpha value is -6.45. The van der Waals surface area contributed by atoms with E-state index in [0.717, 1.165) is 68.8 Å². The minimum Gasteiger partial charge on any atom is -0.445 e. The van der Waals surface area contributed by atoms with Crippen LogP contribution in [-0.2, 0) is 78.3 Å². The molecule has 8 aliphatic heterocycles. The predicted octanol–water partition coefficient (Wildman–Crippen LogP) is 6.09. The Morgan fingerprint density at radius 1 is 0.806 bits per heavy atom. The molecule has 2 aromatic rings. The standard InChI is InChI=1S/C71H100N8O18S/c1-39(2)61(79-60(82)15-11-9-10-13-45-35-74-69(75-36-45)98(8,87)88)67(84)78-53(14-12-28-73-68(72)85)66(83)77-46-18-16-44(17-19-46)38-90-70(86)76-37-48(81)33-59-64(89-7)52-32-47(80)31-50-21-23-55-65(93-50)63-43(6)62(95-55)56-25-27-71(96-56,97-63)26-24-51-30-41(4)54(91-51)22-20-49-29-40(3)42(5)57(92-49)34-58(52)94-59/h16-19,35-36,39-40,43,48-59,61-65,81H,4-5,9,11-12,14-15,20-34,37-38H2,1-3,6-8H3,(H,76,86)(H,77,83)(H,78,84)(H,79,82)(H3,72,73,85)/t40-,43-,48+,49+,50-,51+,52+,53+,54+,55+,56+,57-,58+,59-,61+,62?,63-,64-,65+,71+/m1/s1. The van der Waals surface area contributed by atoms with Crippen molar-refractivity contribution in [2.75, 3.05) is 31.8 Å². The fourth-order valence-corrected chi connectivity index (χ4v) is 15.8. The summed E-state index contributed by atoms with van der Waals surface area (Å²) in [7, 11) is -1.97. The topological polar surface area (TPSA) is 352 Å². The monoisotopic (exact) mass is 1380 g/mol. The fraction of sp³-hybridized carbons (Fsp3) is 0.690. The van der Waals surface area contributed by atoms with Crippen molar-refractivity contribution in [3.63, 3.8) is 0 Å². The molecule has 8 N–H and O–H groups in total. The number of nitrogens with two attached hydrogens (primary N) is 1. The Morgan fingerprint density at radius 2 is 1.54 bits per heavy atom. The second-order valence-corrected chi connectivity index (χ2v) is 30.3. The van der Waals surface area contributed by atoms with Crippen molar-refractivity contribution in [1.29, 1.82) is 0 Å². The maximum Gasteiger partial charge on any atom is 0.407 e. The number of aliphatic hydroxyl groups excluding tert-OH is 1. The lowest BCUT2D eigenvalue weighted by molar-refractivity contribution is -0.288. The number of unbranched alkanes of at least 4 members (excludes halogenated alkanes) is 1. The van der Waals surface area contributed by atoms with Crippen LogP contribution in [0.5, 0.6) is 0 Å². The summed E-state index contributed by atoms with van der Waals surface area (Å²) >= 11 is 0. The fourth-order valence-electron chi connectivity index (χ4n) is 15.3. The van der Waals surface area contributed by atoms with Gasteiger partial charge in [0, 0.05) is 108 Å². The molecule has 8 aliphatic rings. The van der Waals surface area contributed by atoms with Crippen LogP contribution in [0.1, 0.15) is 161 Å². The van der Waals surface area contributed by atoms with Gasteiger partial charge in [-0.3, -0.25) is 19.2 Å². The molecule has 9 heterocycles. The van der Waals surface area contributed by atoms with Gasteiger partial charge < -0.3 is 80.1 Å². The summed E-state index contributed by atoms with van der Waals surface area (Å²) in [6.45, 7) is 16.6. The smallest absolute Gasteiger partial charge is 0.407 e. The van der Waals surface area contributed by atoms with Crippen LogP contribution in [-0.4, -0.2) is 189 Å². The number of nitrogens with one attached hydrogen (secondary N) is 5. The second kappa shape index (κ2) is 33.4. The summed E-state index contributed by atoms with van der Waals surface area (Å²) in [5, 5.41) is 24.7. The number of carbonyl (C=O) groups is 6. The molecule has 8 saturated heterocycles. The molecule has 6 amide bonds. The molecule has 1 unspecified atom stereocenters. The third-order valence-corrected chi connectivity index (χ3v) is 21.5. The number of fused-ring (bicyclic) bond motifs is 9. The average Bonchev–Trinajstić information content (AvgIpc) is 1.53. The predicted molar refractivity (Wildman–Crippen MR) is 357 cm³/mol. The second-order valence-electron chi connectivity index (χ2n) is 28.4. The highest BCUT2D eigenvalue weighted by Gasteiger charge is 2.60. The lowest BCUT2D eigenvalue weighted by atomic mass is 9.80. The van der Waals surface area contributed by atoms with Crippen molar-refractivity contribution in [2.45, 2.75) is 265 Å². The number of alkyl carbamates (subject to hydrolysis) is 1. The summed E-state index contributed by atoms with van der Waals surface area (Å²) in [5.74, 6) is 2.81. The molecule has 10 bridgehead atoms. The van der Waals surface area contributed by atoms with Gasteiger partial charge in [0.2, 0.25) is 32.7 Å². The van der Waals surface area contributed by atoms with Crippen LogP contribution in [0, 0.1) is 35.5 Å². The summed E-state index contributed by atoms with van der Waals surface area (Å²) in [5.41, 5.74) is 8.66. The third kappa shape index (κ3) is 19.3. The molecule has 10 rings (SSSR count). The number of rotatable bonds is 21. The number of primary amides is 1. The van der Waals surface area contributed by atoms with Gasteiger partial charge in [0.05, 0.1) is 84.9 Å². The van der Waals surface area contributed by atoms with E-state index < -0.39 is 87.9 Å². The normalized spacial score (nSPS) is 32.6. The first-order valence-electron chi connectivity index (χ1n) is 35.0. The van der Waals surface area contributed by atoms with Crippen molar-refractivity contribution in [1.82, 2.24) is 31.2 Å². The van der Waals surface area contributed by atoms with Gasteiger partial charge in [-0.15, -0.1) is 0 Å². The van der Waals surface area contributed by atoms with Gasteiger partial charge in [-0.25, -0.2) is 28.0 Å². The van der Waals surface area contributed by atoms with Crippen LogP contribution < -0.4 is 32.3 Å². The van der Waals surface area contributed by atoms with Crippen molar-refractivity contribution in [2.24, 2.45) is 29.4 Å². The number of nitrogens with zero attached hydrogens (tertiary/aromatic N) is 2. The first kappa shape index (κ1) is 74.2. The van der Waals surface area contributed by atoms with Gasteiger partial charge in [-0.2, -0.15) is 0 Å². The molecule has 0 saturated carbocycles. The quantitative estimate of drug-likeness (QED) is 0.0321. The Kier molecular flexibility index (Phi) is 25.3. The third-order valence-electron chi connectivity index (χ3n) is 20.6. The number of sulfone groups is 1. The summed E-state index contributed by atoms with van der Waals surface area (Å²) in [4.78, 5) is 87.4. The number of ketones is 1. The number of ether oxygens (including phenoxy) is 9. The first-order chi connectivity index (χ1) is 46.8. The number of amides is 6. The molecule has 0 radical (unpaired) electrons. The van der Waals surface area contributed by atoms with Gasteiger partial charge in [-0.05, 0) is 111 Å². The zero-order chi connectivity index (χ0) is 70.0. The van der Waals surface area contributed by atoms with Crippen LogP contribution in [0.25, 0.3) is 0 Å². The van der Waals surface area contributed by atoms with Gasteiger partial charge in [0.1, 0.15) is 30.6 Å². The van der Waals surface area contributed by atoms with Crippen molar-refractivity contribution >= 4 is 51.2 Å². The van der Waals surface area contributed by atoms with Gasteiger partial charge >= 0.3 is 12.1 Å². The number of anilines is 1. The molecule has 1 aromatic heterocycles. The number of hydrogen-bond acceptors (Lipinski definition) is 20. The van der Waals surface area contributed by atoms with Gasteiger partial charge in [0.15, 0.2) is 5.79 Å². The Labute approximate surface area is 574 Å². The van der Waals surface area contributed by atoms with Crippen LogP contribution in [0.4, 0.5) is 15.3 Å². The van der Waals surface area contributed by atoms with Crippen LogP contribution in [0.2, 0.25) is 0 Å². The van der Waals surface area contributed by atoms with Crippen LogP contribution in [0.15, 0.2) is 66.1 Å². The van der Waals surface area contributed by atoms with E-state index in [-0.39, 0.29) is 148 Å². The lowest BCUT2D eigenvalue weighted by Gasteiger charge is -2.50. The maximum atomic E-state index is 14.5. The molecule has 1 spiro atoms. The average molecular weight is 1390 g/mol. The summed E-state index contributed by atoms with van der Waals surface area (Å²) in [6, 6.07) is 3.64. The maximum absolute atomic E-state index is 14.5. The molecular weight excluding hydrogens is 1280 g/mol. The SMILES string of the molecule is C=C1C[C@@H]2CC[C@]34CC[C@H](O3)C3O[C@H]5CC[C@H](CC(=O)C[C@@H]6[C@@H](OC)[C@@H](C[C@H](O)CNC(=O)OCc7ccc(NC(=O)[C@H](CCCNC(N)=O)NC(=O)[C@@H](NC(=O)CCCC#Cc8cnc(S(C)(=O)=O)nc8)C(C)C)cc7)O[C@H]6C[C@H]6O[C@@H](CC[C@@H]1O2)C[C@@H](C)C6=C)O[C@@H]5[C@H](O4)[C@@H]3C. The van der Waals surface area contributed by atoms with Crippen LogP contribution in [0.3, 0.4) is 0 Å². The van der Waals surface area contributed by atoms with E-state index >= 15 is 0 Å². The van der Waals surface area contributed by atoms with E-state index in [1.54, 1.807) is 45.2 Å². The van der Waals surface area contributed by atoms with Gasteiger partial charge in [0.25, 0.3) is 0 Å². The molecule has 20 atom stereocenters. The van der Waals surface area contributed by atoms with E-state index in [2.05, 4.69) is 75.4 Å². The highest BCUT2D eigenvalue weighted by atomic mass is 32.2. The van der Waals surface area contributed by atoms with E-state index in [0.29, 0.717) is 48.9 Å². The number of aliphatic hydroxyl groups is 1. The number of Topliss-reactive ketones (excluding diaryl/α,β-unsaturated/α-hetero) is 1. The number of aromatic nitrogens is 2. The molecule has 26 nitrogen and oxygen atoms in total. The van der Waals surface area contributed by atoms with Crippen molar-refractivity contribution < 1.29 is 84.9 Å². The van der Waals surface area contributed by atoms with Crippen molar-refractivity contribution in [3.8, 4) is 11.8 Å². The largest absolute Gasteiger partial charge is 0.445 e. The Bertz CT molecular complexity index is 3350. The molecule has 1 aromatic carbocycles. The minimum absolute atomic E-state index is 0.00133. The van der Waals surface area contributed by atoms with Crippen molar-refractivity contribution in [3.05, 3.63) is 72.1 Å². The number of benzene rings is 1. The summed E-state index contributed by atoms with van der Waals surface area (Å²) in [6.07, 6.45) is 7.64. The minimum atomic E-state index is -3.56. The molecular formula is C71H100N8O18S. The zero-order valence-electron chi connectivity index (χ0n) is 57.2. The Balaban J connectivity index is 0.719. The highest BCUT2D eigenvalue weighted by molar-refractivity contribution is 7.90. The molecule has 8 fully saturated rings. The summed E-state index contributed by atoms with van der Waals surface area (Å²) < 4.78 is 83.3. The lowest BCUT2D eigenvalue weighted by Crippen LogP contribution is -2.60. The van der Waals surface area contributed by atoms with E-state index in [1.807, 2.05) is 0 Å². The molecule has 27 heteroatoms. The number of carbonyl (C=O) groups excluding carboxylic acids is 6. The molecule has 538 valence electrons.